The van der Waals surface area contributed by atoms with Gasteiger partial charge in [0, 0.05) is 0 Å². The maximum atomic E-state index is 9.05. The smallest absolute Gasteiger partial charge is 0.188 e. The van der Waals surface area contributed by atoms with E-state index in [1.807, 2.05) is 6.92 Å². The van der Waals surface area contributed by atoms with E-state index in [0.29, 0.717) is 6.42 Å². The molecule has 0 fully saturated rings. The van der Waals surface area contributed by atoms with Gasteiger partial charge in [-0.1, -0.05) is 13.3 Å². The molecule has 1 atom stereocenters. The molecule has 1 N–H and O–H groups in total. The largest absolute Gasteiger partial charge is 0.488 e. The number of hydrogen-bond acceptors (Lipinski definition) is 3. The van der Waals surface area contributed by atoms with Crippen LogP contribution < -0.4 is 0 Å². The van der Waals surface area contributed by atoms with Crippen LogP contribution in [0.25, 0.3) is 0 Å². The van der Waals surface area contributed by atoms with E-state index in [1.54, 1.807) is 0 Å². The highest BCUT2D eigenvalue weighted by atomic mass is 32.1. The fourth-order valence-electron chi connectivity index (χ4n) is 0.527. The molecule has 0 radical (unpaired) electrons. The Labute approximate surface area is 60.8 Å². The molecule has 0 spiro atoms. The summed E-state index contributed by atoms with van der Waals surface area (Å²) >= 11 is 4.67. The lowest BCUT2D eigenvalue weighted by molar-refractivity contribution is 0.199. The first-order chi connectivity index (χ1) is 4.22. The lowest BCUT2D eigenvalue weighted by atomic mass is 10.2. The van der Waals surface area contributed by atoms with E-state index in [-0.39, 0.29) is 5.05 Å². The van der Waals surface area contributed by atoms with Crippen molar-refractivity contribution >= 4 is 17.3 Å². The number of aliphatic hydroxyl groups is 1. The summed E-state index contributed by atoms with van der Waals surface area (Å²) in [6.07, 6.45) is 1.05. The summed E-state index contributed by atoms with van der Waals surface area (Å²) < 4.78 is 4.65. The maximum absolute atomic E-state index is 9.05. The zero-order valence-electron chi connectivity index (χ0n) is 5.76. The van der Waals surface area contributed by atoms with Crippen molar-refractivity contribution in [2.24, 2.45) is 0 Å². The normalized spacial score (nSPS) is 12.8. The third-order valence-electron chi connectivity index (χ3n) is 1.04. The van der Waals surface area contributed by atoms with Gasteiger partial charge in [0.05, 0.1) is 7.11 Å². The Hall–Kier alpha value is -0.150. The van der Waals surface area contributed by atoms with Crippen molar-refractivity contribution in [1.29, 1.82) is 0 Å². The molecule has 0 saturated carbocycles. The van der Waals surface area contributed by atoms with Gasteiger partial charge < -0.3 is 9.84 Å². The van der Waals surface area contributed by atoms with Crippen molar-refractivity contribution < 1.29 is 9.84 Å². The lowest BCUT2D eigenvalue weighted by Gasteiger charge is -2.07. The molecular formula is C6H12O2S. The summed E-state index contributed by atoms with van der Waals surface area (Å²) in [5.74, 6) is 0. The SMILES string of the molecule is CCCC(O)C(=S)OC. The molecule has 0 aromatic rings. The summed E-state index contributed by atoms with van der Waals surface area (Å²) in [6.45, 7) is 1.99. The van der Waals surface area contributed by atoms with Crippen LogP contribution in [0.4, 0.5) is 0 Å². The van der Waals surface area contributed by atoms with Crippen LogP contribution in [-0.2, 0) is 4.74 Å². The molecule has 54 valence electrons. The molecule has 2 nitrogen and oxygen atoms in total. The van der Waals surface area contributed by atoms with Crippen molar-refractivity contribution in [2.75, 3.05) is 7.11 Å². The fourth-order valence-corrected chi connectivity index (χ4v) is 0.645. The van der Waals surface area contributed by atoms with E-state index in [9.17, 15) is 0 Å². The second kappa shape index (κ2) is 4.70. The van der Waals surface area contributed by atoms with Gasteiger partial charge in [-0.2, -0.15) is 0 Å². The molecule has 3 heteroatoms. The highest BCUT2D eigenvalue weighted by Gasteiger charge is 2.07. The van der Waals surface area contributed by atoms with E-state index in [4.69, 9.17) is 5.11 Å². The predicted octanol–water partition coefficient (Wildman–Crippen LogP) is 1.12. The summed E-state index contributed by atoms with van der Waals surface area (Å²) in [6, 6.07) is 0. The molecule has 0 heterocycles. The van der Waals surface area contributed by atoms with Crippen LogP contribution in [0.1, 0.15) is 19.8 Å². The topological polar surface area (TPSA) is 29.5 Å². The van der Waals surface area contributed by atoms with Gasteiger partial charge in [0.15, 0.2) is 5.05 Å². The summed E-state index contributed by atoms with van der Waals surface area (Å²) in [7, 11) is 1.47. The van der Waals surface area contributed by atoms with Gasteiger partial charge in [-0.15, -0.1) is 0 Å². The highest BCUT2D eigenvalue weighted by molar-refractivity contribution is 7.80. The van der Waals surface area contributed by atoms with Crippen molar-refractivity contribution in [2.45, 2.75) is 25.9 Å². The van der Waals surface area contributed by atoms with E-state index >= 15 is 0 Å². The van der Waals surface area contributed by atoms with E-state index < -0.39 is 6.10 Å². The Morgan fingerprint density at radius 1 is 1.78 bits per heavy atom. The maximum Gasteiger partial charge on any atom is 0.188 e. The van der Waals surface area contributed by atoms with Crippen molar-refractivity contribution in [3.63, 3.8) is 0 Å². The molecule has 0 amide bonds. The average molecular weight is 148 g/mol. The number of rotatable bonds is 3. The van der Waals surface area contributed by atoms with Crippen LogP contribution in [-0.4, -0.2) is 23.4 Å². The number of thiocarbonyl (C=S) groups is 1. The van der Waals surface area contributed by atoms with E-state index in [0.717, 1.165) is 6.42 Å². The van der Waals surface area contributed by atoms with Gasteiger partial charge in [-0.05, 0) is 18.6 Å². The number of ether oxygens (including phenoxy) is 1. The first kappa shape index (κ1) is 8.85. The van der Waals surface area contributed by atoms with Gasteiger partial charge in [-0.3, -0.25) is 0 Å². The minimum Gasteiger partial charge on any atom is -0.488 e. The summed E-state index contributed by atoms with van der Waals surface area (Å²) in [4.78, 5) is 0. The summed E-state index contributed by atoms with van der Waals surface area (Å²) in [5.41, 5.74) is 0. The van der Waals surface area contributed by atoms with Gasteiger partial charge in [0.2, 0.25) is 0 Å². The molecule has 0 saturated heterocycles. The summed E-state index contributed by atoms with van der Waals surface area (Å²) in [5, 5.41) is 9.34. The van der Waals surface area contributed by atoms with Crippen LogP contribution in [0, 0.1) is 0 Å². The van der Waals surface area contributed by atoms with Crippen LogP contribution in [0.15, 0.2) is 0 Å². The third kappa shape index (κ3) is 3.43. The Bertz CT molecular complexity index is 93.1. The minimum atomic E-state index is -0.560. The molecule has 0 aromatic carbocycles. The van der Waals surface area contributed by atoms with Crippen LogP contribution in [0.3, 0.4) is 0 Å². The molecular weight excluding hydrogens is 136 g/mol. The van der Waals surface area contributed by atoms with E-state index in [2.05, 4.69) is 17.0 Å². The Morgan fingerprint density at radius 3 is 2.67 bits per heavy atom. The number of aliphatic hydroxyl groups excluding tert-OH is 1. The molecule has 1 unspecified atom stereocenters. The van der Waals surface area contributed by atoms with Crippen LogP contribution in [0.2, 0.25) is 0 Å². The molecule has 0 bridgehead atoms. The Balaban J connectivity index is 3.45. The Kier molecular flexibility index (Phi) is 4.62. The van der Waals surface area contributed by atoms with Gasteiger partial charge in [0.25, 0.3) is 0 Å². The standard InChI is InChI=1S/C6H12O2S/c1-3-4-5(7)6(9)8-2/h5,7H,3-4H2,1-2H3. The third-order valence-corrected chi connectivity index (χ3v) is 1.47. The number of methoxy groups -OCH3 is 1. The second-order valence-corrected chi connectivity index (χ2v) is 2.23. The predicted molar refractivity (Wildman–Crippen MR) is 40.5 cm³/mol. The lowest BCUT2D eigenvalue weighted by Crippen LogP contribution is -2.19. The quantitative estimate of drug-likeness (QED) is 0.608. The van der Waals surface area contributed by atoms with Crippen molar-refractivity contribution in [1.82, 2.24) is 0 Å². The minimum absolute atomic E-state index is 0.289. The zero-order chi connectivity index (χ0) is 7.28. The van der Waals surface area contributed by atoms with Crippen LogP contribution in [0.5, 0.6) is 0 Å². The fraction of sp³-hybridized carbons (Fsp3) is 0.833. The van der Waals surface area contributed by atoms with Gasteiger partial charge in [-0.25, -0.2) is 0 Å². The molecule has 0 aromatic heterocycles. The first-order valence-electron chi connectivity index (χ1n) is 2.98. The molecule has 0 aliphatic heterocycles. The highest BCUT2D eigenvalue weighted by Crippen LogP contribution is 1.98. The van der Waals surface area contributed by atoms with Gasteiger partial charge >= 0.3 is 0 Å². The Morgan fingerprint density at radius 2 is 2.33 bits per heavy atom. The molecule has 0 rings (SSSR count). The molecule has 9 heavy (non-hydrogen) atoms. The van der Waals surface area contributed by atoms with Crippen LogP contribution >= 0.6 is 12.2 Å². The zero-order valence-corrected chi connectivity index (χ0v) is 6.57. The molecule has 0 aliphatic carbocycles. The first-order valence-corrected chi connectivity index (χ1v) is 3.39. The molecule has 0 aliphatic rings. The average Bonchev–Trinajstić information content (AvgIpc) is 1.87. The monoisotopic (exact) mass is 148 g/mol. The van der Waals surface area contributed by atoms with E-state index in [1.165, 1.54) is 7.11 Å². The second-order valence-electron chi connectivity index (χ2n) is 1.83. The van der Waals surface area contributed by atoms with Crippen molar-refractivity contribution in [3.8, 4) is 0 Å². The number of hydrogen-bond donors (Lipinski definition) is 1. The van der Waals surface area contributed by atoms with Crippen molar-refractivity contribution in [3.05, 3.63) is 0 Å². The van der Waals surface area contributed by atoms with Gasteiger partial charge in [0.1, 0.15) is 6.10 Å².